The van der Waals surface area contributed by atoms with Crippen molar-refractivity contribution in [2.24, 2.45) is 0 Å². The minimum Gasteiger partial charge on any atom is -0.507 e. The van der Waals surface area contributed by atoms with Crippen LogP contribution in [0, 0.1) is 0 Å². The molecule has 0 amide bonds. The molecule has 5 heteroatoms. The van der Waals surface area contributed by atoms with E-state index in [1.165, 1.54) is 0 Å². The van der Waals surface area contributed by atoms with Gasteiger partial charge in [-0.05, 0) is 30.5 Å². The quantitative estimate of drug-likeness (QED) is 0.923. The van der Waals surface area contributed by atoms with E-state index in [0.717, 1.165) is 35.5 Å². The van der Waals surface area contributed by atoms with Crippen molar-refractivity contribution in [2.45, 2.75) is 18.9 Å². The maximum Gasteiger partial charge on any atom is 0.231 e. The van der Waals surface area contributed by atoms with E-state index in [0.29, 0.717) is 11.5 Å². The van der Waals surface area contributed by atoms with E-state index in [9.17, 15) is 5.11 Å². The number of benzene rings is 2. The molecule has 0 radical (unpaired) electrons. The minimum absolute atomic E-state index is 0.167. The SMILES string of the molecule is COc1ccc2c(c1)OC(c1cc3c(cc1O)OCO3)CC2. The molecule has 0 saturated heterocycles. The molecule has 2 aliphatic rings. The fourth-order valence-corrected chi connectivity index (χ4v) is 2.90. The van der Waals surface area contributed by atoms with Crippen LogP contribution in [0.3, 0.4) is 0 Å². The Morgan fingerprint density at radius 1 is 1.09 bits per heavy atom. The second-order valence-corrected chi connectivity index (χ2v) is 5.38. The van der Waals surface area contributed by atoms with Gasteiger partial charge in [0.15, 0.2) is 11.5 Å². The number of phenols is 1. The van der Waals surface area contributed by atoms with Gasteiger partial charge in [-0.25, -0.2) is 0 Å². The van der Waals surface area contributed by atoms with Gasteiger partial charge in [-0.3, -0.25) is 0 Å². The van der Waals surface area contributed by atoms with Gasteiger partial charge < -0.3 is 24.1 Å². The van der Waals surface area contributed by atoms with Crippen molar-refractivity contribution >= 4 is 0 Å². The van der Waals surface area contributed by atoms with Gasteiger partial charge >= 0.3 is 0 Å². The van der Waals surface area contributed by atoms with Crippen molar-refractivity contribution in [3.05, 3.63) is 41.5 Å². The van der Waals surface area contributed by atoms with Gasteiger partial charge in [0, 0.05) is 17.7 Å². The molecule has 1 N–H and O–H groups in total. The zero-order chi connectivity index (χ0) is 15.1. The van der Waals surface area contributed by atoms with Crippen LogP contribution in [0.4, 0.5) is 0 Å². The lowest BCUT2D eigenvalue weighted by molar-refractivity contribution is 0.169. The molecule has 2 aromatic carbocycles. The maximum atomic E-state index is 10.2. The van der Waals surface area contributed by atoms with Gasteiger partial charge in [0.05, 0.1) is 7.11 Å². The van der Waals surface area contributed by atoms with E-state index in [4.69, 9.17) is 18.9 Å². The number of ether oxygens (including phenoxy) is 4. The van der Waals surface area contributed by atoms with Crippen molar-refractivity contribution < 1.29 is 24.1 Å². The van der Waals surface area contributed by atoms with Crippen molar-refractivity contribution in [3.63, 3.8) is 0 Å². The van der Waals surface area contributed by atoms with Crippen LogP contribution < -0.4 is 18.9 Å². The number of methoxy groups -OCH3 is 1. The summed E-state index contributed by atoms with van der Waals surface area (Å²) in [4.78, 5) is 0. The normalized spacial score (nSPS) is 18.5. The highest BCUT2D eigenvalue weighted by Gasteiger charge is 2.27. The van der Waals surface area contributed by atoms with Crippen LogP contribution in [0.1, 0.15) is 23.7 Å². The zero-order valence-electron chi connectivity index (χ0n) is 12.2. The molecule has 1 atom stereocenters. The van der Waals surface area contributed by atoms with Gasteiger partial charge in [-0.1, -0.05) is 6.07 Å². The summed E-state index contributed by atoms with van der Waals surface area (Å²) in [7, 11) is 1.63. The number of hydrogen-bond donors (Lipinski definition) is 1. The average Bonchev–Trinajstić information content (AvgIpc) is 3.00. The summed E-state index contributed by atoms with van der Waals surface area (Å²) < 4.78 is 22.0. The Hall–Kier alpha value is -2.56. The first-order valence-electron chi connectivity index (χ1n) is 7.20. The summed E-state index contributed by atoms with van der Waals surface area (Å²) in [6.45, 7) is 0.184. The summed E-state index contributed by atoms with van der Waals surface area (Å²) in [6, 6.07) is 9.21. The third-order valence-corrected chi connectivity index (χ3v) is 4.09. The fraction of sp³-hybridized carbons (Fsp3) is 0.294. The molecule has 2 aromatic rings. The van der Waals surface area contributed by atoms with Crippen LogP contribution in [0.5, 0.6) is 28.7 Å². The highest BCUT2D eigenvalue weighted by Crippen LogP contribution is 2.44. The van der Waals surface area contributed by atoms with Crippen molar-refractivity contribution in [1.29, 1.82) is 0 Å². The van der Waals surface area contributed by atoms with Gasteiger partial charge in [0.25, 0.3) is 0 Å². The summed E-state index contributed by atoms with van der Waals surface area (Å²) in [5, 5.41) is 10.2. The van der Waals surface area contributed by atoms with Gasteiger partial charge in [-0.2, -0.15) is 0 Å². The van der Waals surface area contributed by atoms with Crippen molar-refractivity contribution in [3.8, 4) is 28.7 Å². The van der Waals surface area contributed by atoms with Crippen LogP contribution in [0.2, 0.25) is 0 Å². The molecule has 114 valence electrons. The Kier molecular flexibility index (Phi) is 2.99. The Morgan fingerprint density at radius 2 is 1.91 bits per heavy atom. The second kappa shape index (κ2) is 5.02. The molecule has 4 rings (SSSR count). The lowest BCUT2D eigenvalue weighted by atomic mass is 9.96. The Bertz CT molecular complexity index is 725. The van der Waals surface area contributed by atoms with Crippen molar-refractivity contribution in [1.82, 2.24) is 0 Å². The van der Waals surface area contributed by atoms with E-state index in [1.807, 2.05) is 18.2 Å². The van der Waals surface area contributed by atoms with E-state index < -0.39 is 0 Å². The predicted octanol–water partition coefficient (Wildman–Crippen LogP) is 3.20. The first-order valence-corrected chi connectivity index (χ1v) is 7.20. The number of hydrogen-bond acceptors (Lipinski definition) is 5. The Labute approximate surface area is 128 Å². The molecule has 22 heavy (non-hydrogen) atoms. The Morgan fingerprint density at radius 3 is 2.73 bits per heavy atom. The zero-order valence-corrected chi connectivity index (χ0v) is 12.2. The van der Waals surface area contributed by atoms with E-state index in [2.05, 4.69) is 0 Å². The molecule has 0 spiro atoms. The highest BCUT2D eigenvalue weighted by molar-refractivity contribution is 5.53. The molecule has 2 aliphatic heterocycles. The highest BCUT2D eigenvalue weighted by atomic mass is 16.7. The van der Waals surface area contributed by atoms with Crippen LogP contribution in [0.25, 0.3) is 0 Å². The third-order valence-electron chi connectivity index (χ3n) is 4.09. The van der Waals surface area contributed by atoms with E-state index in [-0.39, 0.29) is 18.6 Å². The Balaban J connectivity index is 1.67. The van der Waals surface area contributed by atoms with Crippen molar-refractivity contribution in [2.75, 3.05) is 13.9 Å². The molecule has 0 fully saturated rings. The van der Waals surface area contributed by atoms with Gasteiger partial charge in [0.1, 0.15) is 23.4 Å². The first-order chi connectivity index (χ1) is 10.7. The number of rotatable bonds is 2. The molecule has 5 nitrogen and oxygen atoms in total. The lowest BCUT2D eigenvalue weighted by Gasteiger charge is -2.27. The van der Waals surface area contributed by atoms with Crippen LogP contribution in [0.15, 0.2) is 30.3 Å². The topological polar surface area (TPSA) is 57.2 Å². The van der Waals surface area contributed by atoms with E-state index >= 15 is 0 Å². The largest absolute Gasteiger partial charge is 0.507 e. The lowest BCUT2D eigenvalue weighted by Crippen LogP contribution is -2.15. The smallest absolute Gasteiger partial charge is 0.231 e. The van der Waals surface area contributed by atoms with Crippen LogP contribution >= 0.6 is 0 Å². The van der Waals surface area contributed by atoms with Gasteiger partial charge in [0.2, 0.25) is 6.79 Å². The molecule has 0 saturated carbocycles. The van der Waals surface area contributed by atoms with E-state index in [1.54, 1.807) is 19.2 Å². The molecular formula is C17H16O5. The molecule has 0 bridgehead atoms. The third kappa shape index (κ3) is 2.09. The summed E-state index contributed by atoms with van der Waals surface area (Å²) in [5.41, 5.74) is 1.87. The maximum absolute atomic E-state index is 10.2. The molecule has 0 aromatic heterocycles. The predicted molar refractivity (Wildman–Crippen MR) is 78.9 cm³/mol. The monoisotopic (exact) mass is 300 g/mol. The van der Waals surface area contributed by atoms with Gasteiger partial charge in [-0.15, -0.1) is 0 Å². The number of aromatic hydroxyl groups is 1. The first kappa shape index (κ1) is 13.1. The fourth-order valence-electron chi connectivity index (χ4n) is 2.90. The molecule has 1 unspecified atom stereocenters. The number of phenolic OH excluding ortho intramolecular Hbond substituents is 1. The second-order valence-electron chi connectivity index (χ2n) is 5.38. The molecular weight excluding hydrogens is 284 g/mol. The summed E-state index contributed by atoms with van der Waals surface area (Å²) in [6.07, 6.45) is 1.47. The average molecular weight is 300 g/mol. The molecule has 0 aliphatic carbocycles. The summed E-state index contributed by atoms with van der Waals surface area (Å²) in [5.74, 6) is 2.94. The standard InChI is InChI=1S/C17H16O5/c1-19-11-4-2-10-3-5-14(22-15(10)6-11)12-7-16-17(8-13(12)18)21-9-20-16/h2,4,6-8,14,18H,3,5,9H2,1H3. The van der Waals surface area contributed by atoms with Crippen LogP contribution in [-0.4, -0.2) is 19.0 Å². The number of aryl methyl sites for hydroxylation is 1. The number of fused-ring (bicyclic) bond motifs is 2. The minimum atomic E-state index is -0.214. The van der Waals surface area contributed by atoms with Crippen LogP contribution in [-0.2, 0) is 6.42 Å². The molecule has 2 heterocycles. The summed E-state index contributed by atoms with van der Waals surface area (Å²) >= 11 is 0.